The van der Waals surface area contributed by atoms with Gasteiger partial charge >= 0.3 is 6.03 Å². The molecular weight excluding hydrogens is 397 g/mol. The van der Waals surface area contributed by atoms with Crippen molar-refractivity contribution >= 4 is 46.5 Å². The third kappa shape index (κ3) is 3.54. The number of carbonyl (C=O) groups excluding carboxylic acids is 2. The Kier molecular flexibility index (Phi) is 4.94. The highest BCUT2D eigenvalue weighted by atomic mass is 35.5. The van der Waals surface area contributed by atoms with Crippen molar-refractivity contribution in [3.05, 3.63) is 81.8 Å². The predicted molar refractivity (Wildman–Crippen MR) is 112 cm³/mol. The topological polar surface area (TPSA) is 70.2 Å². The van der Waals surface area contributed by atoms with Gasteiger partial charge in [0.1, 0.15) is 0 Å². The van der Waals surface area contributed by atoms with Crippen LogP contribution in [0.4, 0.5) is 16.2 Å². The third-order valence-corrected chi connectivity index (χ3v) is 5.32. The van der Waals surface area contributed by atoms with E-state index < -0.39 is 6.03 Å². The van der Waals surface area contributed by atoms with E-state index in [1.165, 1.54) is 0 Å². The molecule has 0 saturated carbocycles. The molecule has 0 aliphatic carbocycles. The Morgan fingerprint density at radius 2 is 1.61 bits per heavy atom. The van der Waals surface area contributed by atoms with Crippen LogP contribution in [-0.4, -0.2) is 11.9 Å². The van der Waals surface area contributed by atoms with Gasteiger partial charge in [-0.1, -0.05) is 53.5 Å². The maximum absolute atomic E-state index is 12.2. The molecule has 0 aromatic heterocycles. The number of fused-ring (bicyclic) bond motifs is 1. The van der Waals surface area contributed by atoms with Crippen molar-refractivity contribution in [3.8, 4) is 11.1 Å². The van der Waals surface area contributed by atoms with Crippen molar-refractivity contribution in [3.63, 3.8) is 0 Å². The minimum atomic E-state index is -0.424. The molecule has 28 heavy (non-hydrogen) atoms. The lowest BCUT2D eigenvalue weighted by Gasteiger charge is -2.11. The van der Waals surface area contributed by atoms with E-state index in [9.17, 15) is 9.59 Å². The molecule has 1 heterocycles. The third-order valence-electron chi connectivity index (χ3n) is 4.50. The molecule has 0 fully saturated rings. The summed E-state index contributed by atoms with van der Waals surface area (Å²) in [5.74, 6) is -0.0496. The van der Waals surface area contributed by atoms with Crippen molar-refractivity contribution < 1.29 is 9.59 Å². The van der Waals surface area contributed by atoms with Crippen molar-refractivity contribution in [1.82, 2.24) is 5.32 Å². The maximum Gasteiger partial charge on any atom is 0.323 e. The quantitative estimate of drug-likeness (QED) is 0.528. The Balaban J connectivity index is 1.49. The highest BCUT2D eigenvalue weighted by molar-refractivity contribution is 6.44. The number of amides is 3. The Morgan fingerprint density at radius 1 is 0.893 bits per heavy atom. The molecule has 3 N–H and O–H groups in total. The van der Waals surface area contributed by atoms with E-state index in [1.807, 2.05) is 30.3 Å². The van der Waals surface area contributed by atoms with E-state index in [0.717, 1.165) is 16.7 Å². The van der Waals surface area contributed by atoms with Gasteiger partial charge in [-0.3, -0.25) is 4.79 Å². The number of hydrogen-bond acceptors (Lipinski definition) is 2. The number of anilines is 2. The van der Waals surface area contributed by atoms with Crippen molar-refractivity contribution in [2.24, 2.45) is 0 Å². The lowest BCUT2D eigenvalue weighted by molar-refractivity contribution is 0.0965. The zero-order valence-corrected chi connectivity index (χ0v) is 16.1. The fourth-order valence-electron chi connectivity index (χ4n) is 3.14. The number of benzene rings is 3. The summed E-state index contributed by atoms with van der Waals surface area (Å²) in [5, 5.41) is 8.92. The van der Waals surface area contributed by atoms with Crippen LogP contribution < -0.4 is 16.0 Å². The second kappa shape index (κ2) is 7.54. The van der Waals surface area contributed by atoms with Gasteiger partial charge in [0.2, 0.25) is 0 Å². The van der Waals surface area contributed by atoms with E-state index in [-0.39, 0.29) is 10.9 Å². The molecule has 0 atom stereocenters. The van der Waals surface area contributed by atoms with Crippen LogP contribution in [0.2, 0.25) is 10.0 Å². The van der Waals surface area contributed by atoms with Gasteiger partial charge < -0.3 is 16.0 Å². The Bertz CT molecular complexity index is 1080. The fourth-order valence-corrected chi connectivity index (χ4v) is 3.49. The molecule has 0 spiro atoms. The molecule has 1 aliphatic rings. The van der Waals surface area contributed by atoms with E-state index in [0.29, 0.717) is 28.5 Å². The van der Waals surface area contributed by atoms with E-state index in [4.69, 9.17) is 23.2 Å². The van der Waals surface area contributed by atoms with E-state index >= 15 is 0 Å². The summed E-state index contributed by atoms with van der Waals surface area (Å²) in [6, 6.07) is 17.7. The standard InChI is InChI=1S/C21H15Cl2N3O2/c22-17-5-2-6-18(19(17)23)26-21(28)25-13-9-7-12(8-10-13)14-3-1-4-15-16(14)11-24-20(15)27/h1-10H,11H2,(H,24,27)(H2,25,26,28). The molecule has 7 heteroatoms. The van der Waals surface area contributed by atoms with Crippen molar-refractivity contribution in [2.75, 3.05) is 10.6 Å². The van der Waals surface area contributed by atoms with Gasteiger partial charge in [0, 0.05) is 17.8 Å². The van der Waals surface area contributed by atoms with Crippen molar-refractivity contribution in [1.29, 1.82) is 0 Å². The molecule has 3 aromatic rings. The van der Waals surface area contributed by atoms with Gasteiger partial charge in [0.25, 0.3) is 5.91 Å². The van der Waals surface area contributed by atoms with Crippen LogP contribution in [0.5, 0.6) is 0 Å². The SMILES string of the molecule is O=C(Nc1ccc(-c2cccc3c2CNC3=O)cc1)Nc1cccc(Cl)c1Cl. The van der Waals surface area contributed by atoms with Gasteiger partial charge in [-0.05, 0) is 47.0 Å². The van der Waals surface area contributed by atoms with Crippen LogP contribution in [-0.2, 0) is 6.54 Å². The minimum Gasteiger partial charge on any atom is -0.348 e. The first-order valence-electron chi connectivity index (χ1n) is 8.55. The largest absolute Gasteiger partial charge is 0.348 e. The lowest BCUT2D eigenvalue weighted by Crippen LogP contribution is -2.19. The summed E-state index contributed by atoms with van der Waals surface area (Å²) in [7, 11) is 0. The van der Waals surface area contributed by atoms with E-state index in [2.05, 4.69) is 16.0 Å². The predicted octanol–water partition coefficient (Wildman–Crippen LogP) is 5.55. The maximum atomic E-state index is 12.2. The van der Waals surface area contributed by atoms with Crippen LogP contribution in [0.1, 0.15) is 15.9 Å². The zero-order valence-electron chi connectivity index (χ0n) is 14.6. The summed E-state index contributed by atoms with van der Waals surface area (Å²) < 4.78 is 0. The molecular formula is C21H15Cl2N3O2. The molecule has 0 radical (unpaired) electrons. The number of rotatable bonds is 3. The Morgan fingerprint density at radius 3 is 2.39 bits per heavy atom. The Labute approximate surface area is 171 Å². The van der Waals surface area contributed by atoms with Crippen LogP contribution >= 0.6 is 23.2 Å². The lowest BCUT2D eigenvalue weighted by atomic mass is 9.97. The fraction of sp³-hybridized carbons (Fsp3) is 0.0476. The van der Waals surface area contributed by atoms with Crippen LogP contribution in [0.3, 0.4) is 0 Å². The Hall–Kier alpha value is -3.02. The molecule has 140 valence electrons. The highest BCUT2D eigenvalue weighted by Gasteiger charge is 2.21. The first-order chi connectivity index (χ1) is 13.5. The number of halogens is 2. The van der Waals surface area contributed by atoms with Crippen LogP contribution in [0.15, 0.2) is 60.7 Å². The van der Waals surface area contributed by atoms with Gasteiger partial charge in [0.05, 0.1) is 15.7 Å². The average molecular weight is 412 g/mol. The van der Waals surface area contributed by atoms with Crippen LogP contribution in [0, 0.1) is 0 Å². The smallest absolute Gasteiger partial charge is 0.323 e. The summed E-state index contributed by atoms with van der Waals surface area (Å²) in [5.41, 5.74) is 4.72. The molecule has 0 saturated heterocycles. The molecule has 3 amide bonds. The second-order valence-corrected chi connectivity index (χ2v) is 7.06. The monoisotopic (exact) mass is 411 g/mol. The molecule has 0 bridgehead atoms. The van der Waals surface area contributed by atoms with Gasteiger partial charge in [0.15, 0.2) is 0 Å². The molecule has 3 aromatic carbocycles. The number of nitrogens with one attached hydrogen (secondary N) is 3. The molecule has 1 aliphatic heterocycles. The summed E-state index contributed by atoms with van der Waals surface area (Å²) in [6.45, 7) is 0.521. The zero-order chi connectivity index (χ0) is 19.7. The summed E-state index contributed by atoms with van der Waals surface area (Å²) in [4.78, 5) is 24.1. The van der Waals surface area contributed by atoms with Crippen molar-refractivity contribution in [2.45, 2.75) is 6.54 Å². The average Bonchev–Trinajstić information content (AvgIpc) is 3.07. The summed E-state index contributed by atoms with van der Waals surface area (Å²) >= 11 is 12.0. The summed E-state index contributed by atoms with van der Waals surface area (Å²) in [6.07, 6.45) is 0. The molecule has 4 rings (SSSR count). The molecule has 5 nitrogen and oxygen atoms in total. The first kappa shape index (κ1) is 18.3. The first-order valence-corrected chi connectivity index (χ1v) is 9.31. The normalized spacial score (nSPS) is 12.3. The van der Waals surface area contributed by atoms with Gasteiger partial charge in [-0.25, -0.2) is 4.79 Å². The number of carbonyl (C=O) groups is 2. The minimum absolute atomic E-state index is 0.0496. The van der Waals surface area contributed by atoms with Gasteiger partial charge in [-0.2, -0.15) is 0 Å². The van der Waals surface area contributed by atoms with E-state index in [1.54, 1.807) is 30.3 Å². The highest BCUT2D eigenvalue weighted by Crippen LogP contribution is 2.31. The number of hydrogen-bond donors (Lipinski definition) is 3. The van der Waals surface area contributed by atoms with Crippen LogP contribution in [0.25, 0.3) is 11.1 Å². The number of urea groups is 1. The molecule has 0 unspecified atom stereocenters. The van der Waals surface area contributed by atoms with Gasteiger partial charge in [-0.15, -0.1) is 0 Å². The second-order valence-electron chi connectivity index (χ2n) is 6.27.